The summed E-state index contributed by atoms with van der Waals surface area (Å²) >= 11 is 2.99. The van der Waals surface area contributed by atoms with Gasteiger partial charge in [0.25, 0.3) is 0 Å². The first-order valence-corrected chi connectivity index (χ1v) is 5.74. The van der Waals surface area contributed by atoms with Gasteiger partial charge in [0.1, 0.15) is 17.5 Å². The Morgan fingerprint density at radius 2 is 1.28 bits per heavy atom. The van der Waals surface area contributed by atoms with E-state index in [0.29, 0.717) is 0 Å². The van der Waals surface area contributed by atoms with E-state index in [-0.39, 0.29) is 10.0 Å². The minimum Gasteiger partial charge on any atom is -0.288 e. The van der Waals surface area contributed by atoms with Gasteiger partial charge in [-0.2, -0.15) is 0 Å². The van der Waals surface area contributed by atoms with Crippen LogP contribution in [0.25, 0.3) is 0 Å². The molecule has 0 amide bonds. The van der Waals surface area contributed by atoms with E-state index < -0.39 is 28.8 Å². The van der Waals surface area contributed by atoms with Crippen molar-refractivity contribution in [1.82, 2.24) is 0 Å². The minimum atomic E-state index is -1.03. The van der Waals surface area contributed by atoms with Gasteiger partial charge in [0.05, 0.1) is 11.1 Å². The molecule has 0 aliphatic carbocycles. The van der Waals surface area contributed by atoms with Crippen LogP contribution in [-0.2, 0) is 0 Å². The zero-order valence-electron chi connectivity index (χ0n) is 8.88. The van der Waals surface area contributed by atoms with Crippen LogP contribution in [0.3, 0.4) is 0 Å². The zero-order chi connectivity index (χ0) is 13.3. The molecule has 0 saturated heterocycles. The number of carbonyl (C=O) groups excluding carboxylic acids is 1. The van der Waals surface area contributed by atoms with Gasteiger partial charge in [-0.05, 0) is 40.2 Å². The number of hydrogen-bond acceptors (Lipinski definition) is 1. The third kappa shape index (κ3) is 2.18. The topological polar surface area (TPSA) is 17.1 Å². The molecule has 2 rings (SSSR count). The van der Waals surface area contributed by atoms with Crippen molar-refractivity contribution in [1.29, 1.82) is 0 Å². The molecule has 1 nitrogen and oxygen atoms in total. The van der Waals surface area contributed by atoms with Crippen LogP contribution in [0.5, 0.6) is 0 Å². The van der Waals surface area contributed by atoms with Crippen LogP contribution in [0.15, 0.2) is 40.9 Å². The lowest BCUT2D eigenvalue weighted by molar-refractivity contribution is 0.102. The normalized spacial score (nSPS) is 10.4. The summed E-state index contributed by atoms with van der Waals surface area (Å²) in [7, 11) is 0. The van der Waals surface area contributed by atoms with E-state index in [0.717, 1.165) is 24.3 Å². The van der Waals surface area contributed by atoms with Crippen molar-refractivity contribution in [2.45, 2.75) is 0 Å². The number of carbonyl (C=O) groups is 1. The van der Waals surface area contributed by atoms with Gasteiger partial charge in [0.2, 0.25) is 5.78 Å². The van der Waals surface area contributed by atoms with Crippen LogP contribution in [0.4, 0.5) is 13.2 Å². The lowest BCUT2D eigenvalue weighted by atomic mass is 10.0. The number of halogens is 4. The van der Waals surface area contributed by atoms with Crippen LogP contribution in [0.2, 0.25) is 0 Å². The van der Waals surface area contributed by atoms with Gasteiger partial charge < -0.3 is 0 Å². The average Bonchev–Trinajstić information content (AvgIpc) is 2.28. The fourth-order valence-electron chi connectivity index (χ4n) is 1.55. The highest BCUT2D eigenvalue weighted by Crippen LogP contribution is 2.25. The molecule has 0 aliphatic rings. The quantitative estimate of drug-likeness (QED) is 0.763. The van der Waals surface area contributed by atoms with E-state index in [1.54, 1.807) is 0 Å². The molecule has 2 aromatic carbocycles. The van der Waals surface area contributed by atoms with Crippen LogP contribution in [0.1, 0.15) is 15.9 Å². The van der Waals surface area contributed by atoms with Gasteiger partial charge in [0.15, 0.2) is 0 Å². The Bertz CT molecular complexity index is 532. The molecule has 0 aliphatic heterocycles. The first-order chi connectivity index (χ1) is 8.52. The third-order valence-electron chi connectivity index (χ3n) is 2.38. The summed E-state index contributed by atoms with van der Waals surface area (Å²) in [5.74, 6) is -3.90. The van der Waals surface area contributed by atoms with Gasteiger partial charge in [-0.3, -0.25) is 4.79 Å². The predicted molar refractivity (Wildman–Crippen MR) is 63.9 cm³/mol. The second kappa shape index (κ2) is 4.94. The SMILES string of the molecule is O=C(c1c(F)cccc1F)c1c(F)cccc1Br. The maximum atomic E-state index is 13.6. The number of ketones is 1. The summed E-state index contributed by atoms with van der Waals surface area (Å²) < 4.78 is 40.6. The van der Waals surface area contributed by atoms with Gasteiger partial charge in [-0.25, -0.2) is 13.2 Å². The average molecular weight is 315 g/mol. The largest absolute Gasteiger partial charge is 0.288 e. The number of hydrogen-bond donors (Lipinski definition) is 0. The van der Waals surface area contributed by atoms with E-state index in [2.05, 4.69) is 15.9 Å². The molecule has 0 saturated carbocycles. The van der Waals surface area contributed by atoms with E-state index >= 15 is 0 Å². The molecular formula is C13H6BrF3O. The zero-order valence-corrected chi connectivity index (χ0v) is 10.5. The van der Waals surface area contributed by atoms with Gasteiger partial charge in [-0.1, -0.05) is 12.1 Å². The summed E-state index contributed by atoms with van der Waals surface area (Å²) in [6.07, 6.45) is 0. The van der Waals surface area contributed by atoms with Crippen molar-refractivity contribution >= 4 is 21.7 Å². The van der Waals surface area contributed by atoms with E-state index in [9.17, 15) is 18.0 Å². The Morgan fingerprint density at radius 1 is 0.833 bits per heavy atom. The Kier molecular flexibility index (Phi) is 3.52. The van der Waals surface area contributed by atoms with E-state index in [4.69, 9.17) is 0 Å². The molecule has 18 heavy (non-hydrogen) atoms. The first kappa shape index (κ1) is 12.8. The molecule has 2 aromatic rings. The molecule has 0 bridgehead atoms. The van der Waals surface area contributed by atoms with E-state index in [1.807, 2.05) is 0 Å². The van der Waals surface area contributed by atoms with Crippen molar-refractivity contribution in [3.8, 4) is 0 Å². The Balaban J connectivity index is 2.63. The van der Waals surface area contributed by atoms with Crippen LogP contribution in [-0.4, -0.2) is 5.78 Å². The Labute approximate surface area is 109 Å². The van der Waals surface area contributed by atoms with Crippen molar-refractivity contribution in [2.75, 3.05) is 0 Å². The maximum Gasteiger partial charge on any atom is 0.203 e. The molecule has 0 fully saturated rings. The monoisotopic (exact) mass is 314 g/mol. The molecule has 0 atom stereocenters. The number of benzene rings is 2. The highest BCUT2D eigenvalue weighted by Gasteiger charge is 2.23. The fraction of sp³-hybridized carbons (Fsp3) is 0. The molecule has 0 aromatic heterocycles. The molecular weight excluding hydrogens is 309 g/mol. The first-order valence-electron chi connectivity index (χ1n) is 4.95. The molecule has 0 N–H and O–H groups in total. The van der Waals surface area contributed by atoms with Crippen molar-refractivity contribution in [3.63, 3.8) is 0 Å². The van der Waals surface area contributed by atoms with Crippen molar-refractivity contribution in [3.05, 3.63) is 69.4 Å². The molecule has 0 heterocycles. The highest BCUT2D eigenvalue weighted by atomic mass is 79.9. The molecule has 0 spiro atoms. The summed E-state index contributed by atoms with van der Waals surface area (Å²) in [5.41, 5.74) is -1.15. The fourth-order valence-corrected chi connectivity index (χ4v) is 2.08. The standard InChI is InChI=1S/C13H6BrF3O/c14-7-3-1-4-8(15)11(7)13(18)12-9(16)5-2-6-10(12)17/h1-6H. The molecule has 0 unspecified atom stereocenters. The minimum absolute atomic E-state index is 0.148. The smallest absolute Gasteiger partial charge is 0.203 e. The third-order valence-corrected chi connectivity index (χ3v) is 3.04. The van der Waals surface area contributed by atoms with Gasteiger partial charge in [0, 0.05) is 4.47 Å². The second-order valence-electron chi connectivity index (χ2n) is 3.52. The lowest BCUT2D eigenvalue weighted by Crippen LogP contribution is -2.10. The predicted octanol–water partition coefficient (Wildman–Crippen LogP) is 4.10. The summed E-state index contributed by atoms with van der Waals surface area (Å²) in [5, 5.41) is 0. The van der Waals surface area contributed by atoms with Crippen LogP contribution >= 0.6 is 15.9 Å². The summed E-state index contributed by atoms with van der Waals surface area (Å²) in [4.78, 5) is 12.0. The molecule has 92 valence electrons. The van der Waals surface area contributed by atoms with Crippen molar-refractivity contribution < 1.29 is 18.0 Å². The van der Waals surface area contributed by atoms with Crippen molar-refractivity contribution in [2.24, 2.45) is 0 Å². The second-order valence-corrected chi connectivity index (χ2v) is 4.38. The maximum absolute atomic E-state index is 13.6. The Morgan fingerprint density at radius 3 is 1.78 bits per heavy atom. The highest BCUT2D eigenvalue weighted by molar-refractivity contribution is 9.10. The van der Waals surface area contributed by atoms with Gasteiger partial charge >= 0.3 is 0 Å². The molecule has 0 radical (unpaired) electrons. The summed E-state index contributed by atoms with van der Waals surface area (Å²) in [6.45, 7) is 0. The van der Waals surface area contributed by atoms with Crippen LogP contribution in [0, 0.1) is 17.5 Å². The van der Waals surface area contributed by atoms with Gasteiger partial charge in [-0.15, -0.1) is 0 Å². The van der Waals surface area contributed by atoms with Crippen LogP contribution < -0.4 is 0 Å². The number of rotatable bonds is 2. The lowest BCUT2D eigenvalue weighted by Gasteiger charge is -2.07. The molecule has 5 heteroatoms. The summed E-state index contributed by atoms with van der Waals surface area (Å²) in [6, 6.07) is 6.90. The Hall–Kier alpha value is -1.62. The van der Waals surface area contributed by atoms with E-state index in [1.165, 1.54) is 12.1 Å².